The van der Waals surface area contributed by atoms with Crippen LogP contribution in [-0.4, -0.2) is 15.0 Å². The molecule has 0 radical (unpaired) electrons. The van der Waals surface area contributed by atoms with Crippen LogP contribution in [0.15, 0.2) is 237 Å². The minimum atomic E-state index is -0.616. The van der Waals surface area contributed by atoms with E-state index in [9.17, 15) is 0 Å². The van der Waals surface area contributed by atoms with E-state index in [1.54, 1.807) is 0 Å². The normalized spacial score (nSPS) is 14.0. The van der Waals surface area contributed by atoms with E-state index in [1.807, 2.05) is 47.7 Å². The molecule has 2 heterocycles. The van der Waals surface area contributed by atoms with Crippen molar-refractivity contribution in [1.82, 2.24) is 15.0 Å². The number of nitrogens with zero attached hydrogens (tertiary/aromatic N) is 3. The highest BCUT2D eigenvalue weighted by Crippen LogP contribution is 2.68. The van der Waals surface area contributed by atoms with Crippen LogP contribution in [0.4, 0.5) is 0 Å². The fraction of sp³-hybridized carbons (Fsp3) is 0.0308. The third-order valence-electron chi connectivity index (χ3n) is 15.2. The molecule has 0 N–H and O–H groups in total. The van der Waals surface area contributed by atoms with Gasteiger partial charge in [-0.2, -0.15) is 0 Å². The van der Waals surface area contributed by atoms with Gasteiger partial charge in [-0.25, -0.2) is 15.0 Å². The first kappa shape index (κ1) is 38.5. The van der Waals surface area contributed by atoms with Crippen LogP contribution in [0.3, 0.4) is 0 Å². The Balaban J connectivity index is 0.973. The van der Waals surface area contributed by atoms with E-state index in [0.29, 0.717) is 17.5 Å². The quantitative estimate of drug-likeness (QED) is 0.177. The van der Waals surface area contributed by atoms with Crippen molar-refractivity contribution < 1.29 is 0 Å². The van der Waals surface area contributed by atoms with Gasteiger partial charge in [-0.3, -0.25) is 0 Å². The van der Waals surface area contributed by atoms with Crippen LogP contribution in [0.25, 0.3) is 87.7 Å². The Hall–Kier alpha value is -8.57. The Bertz CT molecular complexity index is 3920. The SMILES string of the molecule is c1ccc(-c2nc(-c3ccccc3)nc(-c3ccc(-c4ccc5c(c4)C4(c6ccccc6C6(c7ccccc7-c7ccccc76)c6ccccc64)c4ccc6sc7ccccc7c6c4-5)cc3)n2)cc1. The molecule has 15 rings (SSSR count). The third kappa shape index (κ3) is 5.19. The molecular formula is C65H39N3S. The Morgan fingerprint density at radius 2 is 0.710 bits per heavy atom. The van der Waals surface area contributed by atoms with E-state index in [-0.39, 0.29) is 0 Å². The molecule has 3 aliphatic rings. The Labute approximate surface area is 403 Å². The van der Waals surface area contributed by atoms with Gasteiger partial charge in [0.2, 0.25) is 0 Å². The summed E-state index contributed by atoms with van der Waals surface area (Å²) in [6.45, 7) is 0. The van der Waals surface area contributed by atoms with E-state index >= 15 is 0 Å². The standard InChI is InChI=1S/C65H39N3S/c1-3-17-41(18-4-1)61-66-62(42-19-5-2-6-20-42)68-63(67-61)43-33-31-40(32-34-43)44-35-36-47-56(39-44)65(55-37-38-58-60(59(47)55)48-23-9-16-30-57(48)69-58)53-28-14-12-26-51(53)64(52-27-13-15-29-54(52)65)49-24-10-7-21-45(49)46-22-8-11-25-50(46)64/h1-39H. The molecule has 0 fully saturated rings. The molecule has 320 valence electrons. The maximum absolute atomic E-state index is 5.05. The molecule has 0 bridgehead atoms. The Morgan fingerprint density at radius 3 is 1.28 bits per heavy atom. The second-order valence-corrected chi connectivity index (χ2v) is 19.6. The van der Waals surface area contributed by atoms with Gasteiger partial charge in [0.15, 0.2) is 17.5 Å². The summed E-state index contributed by atoms with van der Waals surface area (Å²) in [6, 6.07) is 87.2. The molecule has 0 unspecified atom stereocenters. The van der Waals surface area contributed by atoms with E-state index in [2.05, 4.69) is 200 Å². The molecule has 2 aromatic heterocycles. The molecule has 3 aliphatic carbocycles. The number of thiophene rings is 1. The average Bonchev–Trinajstić information content (AvgIpc) is 4.06. The molecule has 0 saturated heterocycles. The Kier molecular flexibility index (Phi) is 8.08. The summed E-state index contributed by atoms with van der Waals surface area (Å²) in [5, 5.41) is 2.66. The summed E-state index contributed by atoms with van der Waals surface area (Å²) in [6.07, 6.45) is 0. The lowest BCUT2D eigenvalue weighted by atomic mass is 9.52. The van der Waals surface area contributed by atoms with Crippen molar-refractivity contribution in [3.05, 3.63) is 281 Å². The van der Waals surface area contributed by atoms with E-state index < -0.39 is 10.8 Å². The lowest BCUT2D eigenvalue weighted by Gasteiger charge is -2.48. The van der Waals surface area contributed by atoms with Crippen molar-refractivity contribution in [1.29, 1.82) is 0 Å². The topological polar surface area (TPSA) is 38.7 Å². The van der Waals surface area contributed by atoms with Gasteiger partial charge in [0.1, 0.15) is 0 Å². The highest BCUT2D eigenvalue weighted by molar-refractivity contribution is 7.26. The number of fused-ring (bicyclic) bond motifs is 20. The summed E-state index contributed by atoms with van der Waals surface area (Å²) in [7, 11) is 0. The van der Waals surface area contributed by atoms with Crippen LogP contribution in [0, 0.1) is 0 Å². The molecule has 0 amide bonds. The summed E-state index contributed by atoms with van der Waals surface area (Å²) < 4.78 is 2.63. The van der Waals surface area contributed by atoms with E-state index in [4.69, 9.17) is 15.0 Å². The largest absolute Gasteiger partial charge is 0.208 e. The number of aromatic nitrogens is 3. The summed E-state index contributed by atoms with van der Waals surface area (Å²) in [4.78, 5) is 15.0. The fourth-order valence-electron chi connectivity index (χ4n) is 12.5. The van der Waals surface area contributed by atoms with Crippen molar-refractivity contribution >= 4 is 31.5 Å². The zero-order valence-corrected chi connectivity index (χ0v) is 38.1. The molecule has 4 heteroatoms. The van der Waals surface area contributed by atoms with Crippen LogP contribution >= 0.6 is 11.3 Å². The third-order valence-corrected chi connectivity index (χ3v) is 16.4. The first-order valence-electron chi connectivity index (χ1n) is 23.7. The van der Waals surface area contributed by atoms with Crippen molar-refractivity contribution in [2.24, 2.45) is 0 Å². The van der Waals surface area contributed by atoms with E-state index in [0.717, 1.165) is 27.8 Å². The first-order chi connectivity index (χ1) is 34.2. The molecule has 69 heavy (non-hydrogen) atoms. The van der Waals surface area contributed by atoms with Gasteiger partial charge in [-0.05, 0) is 96.1 Å². The highest BCUT2D eigenvalue weighted by atomic mass is 32.1. The summed E-state index contributed by atoms with van der Waals surface area (Å²) >= 11 is 1.89. The number of rotatable bonds is 4. The maximum atomic E-state index is 5.05. The molecule has 3 nitrogen and oxygen atoms in total. The second kappa shape index (κ2) is 14.5. The van der Waals surface area contributed by atoms with Crippen molar-refractivity contribution in [2.45, 2.75) is 10.8 Å². The summed E-state index contributed by atoms with van der Waals surface area (Å²) in [5.74, 6) is 1.95. The summed E-state index contributed by atoms with van der Waals surface area (Å²) in [5.41, 5.74) is 20.0. The zero-order valence-electron chi connectivity index (χ0n) is 37.3. The number of hydrogen-bond acceptors (Lipinski definition) is 4. The van der Waals surface area contributed by atoms with Gasteiger partial charge in [0, 0.05) is 36.9 Å². The fourth-order valence-corrected chi connectivity index (χ4v) is 13.6. The molecule has 2 spiro atoms. The maximum Gasteiger partial charge on any atom is 0.164 e. The smallest absolute Gasteiger partial charge is 0.164 e. The van der Waals surface area contributed by atoms with Crippen LogP contribution in [-0.2, 0) is 10.8 Å². The van der Waals surface area contributed by atoms with Crippen LogP contribution in [0.1, 0.15) is 44.5 Å². The molecule has 10 aromatic carbocycles. The monoisotopic (exact) mass is 893 g/mol. The zero-order chi connectivity index (χ0) is 45.3. The van der Waals surface area contributed by atoms with Crippen molar-refractivity contribution in [2.75, 3.05) is 0 Å². The van der Waals surface area contributed by atoms with Gasteiger partial charge in [0.05, 0.1) is 10.8 Å². The molecule has 0 aliphatic heterocycles. The van der Waals surface area contributed by atoms with Gasteiger partial charge < -0.3 is 0 Å². The lowest BCUT2D eigenvalue weighted by molar-refractivity contribution is 0.633. The van der Waals surface area contributed by atoms with Gasteiger partial charge in [0.25, 0.3) is 0 Å². The van der Waals surface area contributed by atoms with Gasteiger partial charge in [-0.15, -0.1) is 11.3 Å². The van der Waals surface area contributed by atoms with Crippen LogP contribution < -0.4 is 0 Å². The Morgan fingerprint density at radius 1 is 0.275 bits per heavy atom. The number of benzene rings is 10. The predicted molar refractivity (Wildman–Crippen MR) is 283 cm³/mol. The van der Waals surface area contributed by atoms with Crippen LogP contribution in [0.5, 0.6) is 0 Å². The van der Waals surface area contributed by atoms with Gasteiger partial charge >= 0.3 is 0 Å². The highest BCUT2D eigenvalue weighted by Gasteiger charge is 2.59. The van der Waals surface area contributed by atoms with Crippen LogP contribution in [0.2, 0.25) is 0 Å². The molecular weight excluding hydrogens is 855 g/mol. The first-order valence-corrected chi connectivity index (χ1v) is 24.5. The van der Waals surface area contributed by atoms with E-state index in [1.165, 1.54) is 86.9 Å². The minimum absolute atomic E-state index is 0.503. The second-order valence-electron chi connectivity index (χ2n) is 18.5. The number of hydrogen-bond donors (Lipinski definition) is 0. The lowest BCUT2D eigenvalue weighted by Crippen LogP contribution is -2.43. The van der Waals surface area contributed by atoms with Gasteiger partial charge in [-0.1, -0.05) is 218 Å². The predicted octanol–water partition coefficient (Wildman–Crippen LogP) is 15.9. The average molecular weight is 894 g/mol. The molecule has 0 saturated carbocycles. The van der Waals surface area contributed by atoms with Crippen molar-refractivity contribution in [3.8, 4) is 67.5 Å². The molecule has 0 atom stereocenters. The molecule has 12 aromatic rings. The minimum Gasteiger partial charge on any atom is -0.208 e. The van der Waals surface area contributed by atoms with Crippen molar-refractivity contribution in [3.63, 3.8) is 0 Å².